The van der Waals surface area contributed by atoms with Gasteiger partial charge in [-0.1, -0.05) is 42.5 Å². The summed E-state index contributed by atoms with van der Waals surface area (Å²) in [6.07, 6.45) is -6.09. The van der Waals surface area contributed by atoms with Crippen molar-refractivity contribution in [1.82, 2.24) is 10.2 Å². The molecule has 5 rings (SSSR count). The number of ether oxygens (including phenoxy) is 1. The van der Waals surface area contributed by atoms with Crippen LogP contribution in [0.5, 0.6) is 0 Å². The van der Waals surface area contributed by atoms with Crippen molar-refractivity contribution in [2.24, 2.45) is 4.99 Å². The van der Waals surface area contributed by atoms with Crippen molar-refractivity contribution in [2.45, 2.75) is 25.3 Å². The Labute approximate surface area is 251 Å². The largest absolute Gasteiger partial charge is 0.416 e. The Balaban J connectivity index is 1.47. The summed E-state index contributed by atoms with van der Waals surface area (Å²) in [5, 5.41) is 7.68. The van der Waals surface area contributed by atoms with E-state index in [-0.39, 0.29) is 5.69 Å². The number of urea groups is 1. The molecular formula is C31H31F3N6O4. The standard InChI is InChI=1S/C31H31F3N6O4/c1-20(28(41)35-22-9-3-2-4-10-22)40-26-13-6-5-12-24(26)25(19-39-14-16-44-17-15-39)37-27(29(40)42)38-30(43)36-23-11-7-8-21(18-23)31(32,33)34/h2-13,18,20,27H,14-17,19H2,1H3,(H,35,41)(H2,36,38,43). The number of hydrogen-bond donors (Lipinski definition) is 3. The second-order valence-electron chi connectivity index (χ2n) is 10.3. The number of carbonyl (C=O) groups is 3. The molecule has 44 heavy (non-hydrogen) atoms. The van der Waals surface area contributed by atoms with Gasteiger partial charge in [0, 0.05) is 36.6 Å². The first-order chi connectivity index (χ1) is 21.1. The highest BCUT2D eigenvalue weighted by Gasteiger charge is 2.38. The van der Waals surface area contributed by atoms with Crippen LogP contribution in [0.3, 0.4) is 0 Å². The number of aliphatic imine (C=N–C) groups is 1. The molecule has 1 saturated heterocycles. The second-order valence-corrected chi connectivity index (χ2v) is 10.3. The SMILES string of the molecule is CC(C(=O)Nc1ccccc1)N1C(=O)C(NC(=O)Nc2cccc(C(F)(F)F)c2)N=C(CN2CCOCC2)c2ccccc21. The highest BCUT2D eigenvalue weighted by Crippen LogP contribution is 2.31. The molecule has 2 heterocycles. The lowest BCUT2D eigenvalue weighted by Crippen LogP contribution is -2.54. The van der Waals surface area contributed by atoms with E-state index in [1.165, 1.54) is 17.0 Å². The van der Waals surface area contributed by atoms with Gasteiger partial charge >= 0.3 is 12.2 Å². The van der Waals surface area contributed by atoms with Crippen molar-refractivity contribution in [1.29, 1.82) is 0 Å². The number of benzodiazepines with no additional fused rings is 1. The Morgan fingerprint density at radius 2 is 1.64 bits per heavy atom. The molecule has 0 spiro atoms. The van der Waals surface area contributed by atoms with Crippen LogP contribution < -0.4 is 20.9 Å². The smallest absolute Gasteiger partial charge is 0.379 e. The molecule has 2 unspecified atom stereocenters. The molecule has 2 aliphatic rings. The number of fused-ring (bicyclic) bond motifs is 1. The number of nitrogens with one attached hydrogen (secondary N) is 3. The first kappa shape index (κ1) is 30.7. The maximum Gasteiger partial charge on any atom is 0.416 e. The molecule has 3 aromatic carbocycles. The molecule has 0 radical (unpaired) electrons. The molecule has 3 aromatic rings. The molecule has 4 amide bonds. The molecule has 2 aliphatic heterocycles. The average molecular weight is 609 g/mol. The number of carbonyl (C=O) groups excluding carboxylic acids is 3. The fourth-order valence-electron chi connectivity index (χ4n) is 5.00. The lowest BCUT2D eigenvalue weighted by molar-refractivity contribution is -0.137. The van der Waals surface area contributed by atoms with Gasteiger partial charge in [-0.15, -0.1) is 0 Å². The van der Waals surface area contributed by atoms with Gasteiger partial charge in [0.25, 0.3) is 5.91 Å². The maximum atomic E-state index is 14.1. The summed E-state index contributed by atoms with van der Waals surface area (Å²) in [4.78, 5) is 48.7. The zero-order valence-corrected chi connectivity index (χ0v) is 23.8. The van der Waals surface area contributed by atoms with Crippen LogP contribution in [0.25, 0.3) is 0 Å². The molecule has 0 aromatic heterocycles. The third-order valence-corrected chi connectivity index (χ3v) is 7.23. The minimum Gasteiger partial charge on any atom is -0.379 e. The molecular weight excluding hydrogens is 577 g/mol. The number of amides is 4. The van der Waals surface area contributed by atoms with Gasteiger partial charge in [-0.25, -0.2) is 4.79 Å². The van der Waals surface area contributed by atoms with Gasteiger partial charge in [0.1, 0.15) is 6.04 Å². The Kier molecular flexibility index (Phi) is 9.26. The predicted molar refractivity (Wildman–Crippen MR) is 160 cm³/mol. The Hall–Kier alpha value is -4.75. The Morgan fingerprint density at radius 3 is 2.36 bits per heavy atom. The van der Waals surface area contributed by atoms with Crippen LogP contribution in [-0.2, 0) is 20.5 Å². The normalized spacial score (nSPS) is 18.0. The number of hydrogen-bond acceptors (Lipinski definition) is 6. The lowest BCUT2D eigenvalue weighted by atomic mass is 10.0. The Bertz CT molecular complexity index is 1540. The van der Waals surface area contributed by atoms with Gasteiger partial charge < -0.3 is 20.7 Å². The highest BCUT2D eigenvalue weighted by atomic mass is 19.4. The molecule has 1 fully saturated rings. The number of anilines is 3. The van der Waals surface area contributed by atoms with Crippen molar-refractivity contribution in [3.05, 3.63) is 90.0 Å². The van der Waals surface area contributed by atoms with Gasteiger partial charge in [0.05, 0.1) is 30.2 Å². The van der Waals surface area contributed by atoms with E-state index >= 15 is 0 Å². The topological polar surface area (TPSA) is 115 Å². The van der Waals surface area contributed by atoms with Crippen LogP contribution in [0.4, 0.5) is 35.0 Å². The van der Waals surface area contributed by atoms with E-state index in [1.807, 2.05) is 6.07 Å². The van der Waals surface area contributed by atoms with Gasteiger partial charge in [-0.05, 0) is 43.3 Å². The summed E-state index contributed by atoms with van der Waals surface area (Å²) < 4.78 is 45.1. The van der Waals surface area contributed by atoms with Crippen LogP contribution in [0, 0.1) is 0 Å². The van der Waals surface area contributed by atoms with E-state index in [4.69, 9.17) is 4.74 Å². The number of halogens is 3. The summed E-state index contributed by atoms with van der Waals surface area (Å²) in [7, 11) is 0. The van der Waals surface area contributed by atoms with Crippen LogP contribution in [0.1, 0.15) is 18.1 Å². The van der Waals surface area contributed by atoms with E-state index in [9.17, 15) is 27.6 Å². The van der Waals surface area contributed by atoms with Gasteiger partial charge in [-0.2, -0.15) is 13.2 Å². The quantitative estimate of drug-likeness (QED) is 0.369. The summed E-state index contributed by atoms with van der Waals surface area (Å²) in [5.74, 6) is -1.16. The predicted octanol–water partition coefficient (Wildman–Crippen LogP) is 4.35. The second kappa shape index (κ2) is 13.3. The molecule has 0 aliphatic carbocycles. The third kappa shape index (κ3) is 7.24. The third-order valence-electron chi connectivity index (χ3n) is 7.23. The van der Waals surface area contributed by atoms with Crippen LogP contribution >= 0.6 is 0 Å². The number of alkyl halides is 3. The van der Waals surface area contributed by atoms with Crippen LogP contribution in [-0.4, -0.2) is 73.5 Å². The Morgan fingerprint density at radius 1 is 0.955 bits per heavy atom. The molecule has 0 saturated carbocycles. The van der Waals surface area contributed by atoms with Gasteiger partial charge in [-0.3, -0.25) is 24.4 Å². The summed E-state index contributed by atoms with van der Waals surface area (Å²) in [6.45, 7) is 4.21. The van der Waals surface area contributed by atoms with Crippen molar-refractivity contribution >= 4 is 40.6 Å². The molecule has 2 atom stereocenters. The van der Waals surface area contributed by atoms with Crippen molar-refractivity contribution in [3.63, 3.8) is 0 Å². The molecule has 3 N–H and O–H groups in total. The minimum absolute atomic E-state index is 0.119. The van der Waals surface area contributed by atoms with Gasteiger partial charge in [0.2, 0.25) is 12.1 Å². The van der Waals surface area contributed by atoms with Gasteiger partial charge in [0.15, 0.2) is 0 Å². The number of rotatable bonds is 7. The van der Waals surface area contributed by atoms with E-state index in [1.54, 1.807) is 55.5 Å². The minimum atomic E-state index is -4.60. The molecule has 0 bridgehead atoms. The summed E-state index contributed by atoms with van der Waals surface area (Å²) in [5.41, 5.74) is 1.02. The zero-order chi connectivity index (χ0) is 31.3. The zero-order valence-electron chi connectivity index (χ0n) is 23.8. The first-order valence-corrected chi connectivity index (χ1v) is 14.0. The number of morpholine rings is 1. The molecule has 13 heteroatoms. The van der Waals surface area contributed by atoms with E-state index in [0.29, 0.717) is 55.5 Å². The fraction of sp³-hybridized carbons (Fsp3) is 0.290. The lowest BCUT2D eigenvalue weighted by Gasteiger charge is -2.30. The van der Waals surface area contributed by atoms with Crippen LogP contribution in [0.2, 0.25) is 0 Å². The number of para-hydroxylation sites is 2. The van der Waals surface area contributed by atoms with Crippen molar-refractivity contribution in [2.75, 3.05) is 48.4 Å². The van der Waals surface area contributed by atoms with Crippen molar-refractivity contribution < 1.29 is 32.3 Å². The number of nitrogens with zero attached hydrogens (tertiary/aromatic N) is 3. The fourth-order valence-corrected chi connectivity index (χ4v) is 5.00. The van der Waals surface area contributed by atoms with Crippen molar-refractivity contribution in [3.8, 4) is 0 Å². The van der Waals surface area contributed by atoms with E-state index < -0.39 is 41.8 Å². The van der Waals surface area contributed by atoms with E-state index in [2.05, 4.69) is 25.8 Å². The molecule has 230 valence electrons. The maximum absolute atomic E-state index is 14.1. The highest BCUT2D eigenvalue weighted by molar-refractivity contribution is 6.16. The van der Waals surface area contributed by atoms with Crippen LogP contribution in [0.15, 0.2) is 83.9 Å². The first-order valence-electron chi connectivity index (χ1n) is 14.0. The average Bonchev–Trinajstić information content (AvgIpc) is 3.11. The van der Waals surface area contributed by atoms with E-state index in [0.717, 1.165) is 12.1 Å². The summed E-state index contributed by atoms with van der Waals surface area (Å²) >= 11 is 0. The number of benzene rings is 3. The summed E-state index contributed by atoms with van der Waals surface area (Å²) in [6, 6.07) is 18.0. The molecule has 10 nitrogen and oxygen atoms in total. The monoisotopic (exact) mass is 608 g/mol.